The Kier molecular flexibility index (Phi) is 8.83. The molecule has 0 saturated carbocycles. The summed E-state index contributed by atoms with van der Waals surface area (Å²) in [5, 5.41) is 0. The number of rotatable bonds is 8. The summed E-state index contributed by atoms with van der Waals surface area (Å²) in [6.45, 7) is 1.28. The van der Waals surface area contributed by atoms with E-state index in [2.05, 4.69) is 88.0 Å². The molecule has 4 unspecified atom stereocenters. The van der Waals surface area contributed by atoms with Crippen LogP contribution in [0.15, 0.2) is 60.7 Å². The lowest BCUT2D eigenvalue weighted by Crippen LogP contribution is -2.20. The lowest BCUT2D eigenvalue weighted by molar-refractivity contribution is 0.138. The summed E-state index contributed by atoms with van der Waals surface area (Å²) in [6.07, 6.45) is 0. The Morgan fingerprint density at radius 1 is 0.609 bits per heavy atom. The molecule has 0 spiro atoms. The van der Waals surface area contributed by atoms with Crippen molar-refractivity contribution in [2.75, 3.05) is 13.2 Å². The van der Waals surface area contributed by atoms with Crippen molar-refractivity contribution in [3.8, 4) is 0 Å². The van der Waals surface area contributed by atoms with Gasteiger partial charge in [-0.2, -0.15) is 0 Å². The molecular formula is C18H18Br4O. The number of hydrogen-bond acceptors (Lipinski definition) is 1. The first-order valence-corrected chi connectivity index (χ1v) is 11.0. The third-order valence-electron chi connectivity index (χ3n) is 3.43. The summed E-state index contributed by atoms with van der Waals surface area (Å²) in [7, 11) is 0. The summed E-state index contributed by atoms with van der Waals surface area (Å²) >= 11 is 14.9. The molecule has 0 fully saturated rings. The molecule has 2 aromatic rings. The molecule has 5 heteroatoms. The summed E-state index contributed by atoms with van der Waals surface area (Å²) < 4.78 is 5.89. The smallest absolute Gasteiger partial charge is 0.0606 e. The fraction of sp³-hybridized carbons (Fsp3) is 0.333. The topological polar surface area (TPSA) is 9.23 Å². The van der Waals surface area contributed by atoms with Crippen LogP contribution >= 0.6 is 63.7 Å². The molecule has 0 aromatic heterocycles. The Morgan fingerprint density at radius 2 is 0.957 bits per heavy atom. The van der Waals surface area contributed by atoms with E-state index in [4.69, 9.17) is 4.74 Å². The van der Waals surface area contributed by atoms with Crippen LogP contribution < -0.4 is 0 Å². The van der Waals surface area contributed by atoms with Gasteiger partial charge in [0.1, 0.15) is 0 Å². The molecule has 2 aromatic carbocycles. The van der Waals surface area contributed by atoms with Gasteiger partial charge in [0.2, 0.25) is 0 Å². The minimum atomic E-state index is 0.218. The Morgan fingerprint density at radius 3 is 1.30 bits per heavy atom. The number of halogens is 4. The van der Waals surface area contributed by atoms with Crippen LogP contribution in [0.2, 0.25) is 0 Å². The highest BCUT2D eigenvalue weighted by Gasteiger charge is 2.21. The zero-order valence-corrected chi connectivity index (χ0v) is 18.8. The van der Waals surface area contributed by atoms with Crippen LogP contribution in [0.1, 0.15) is 20.8 Å². The van der Waals surface area contributed by atoms with Crippen LogP contribution in [0.3, 0.4) is 0 Å². The van der Waals surface area contributed by atoms with Gasteiger partial charge in [-0.05, 0) is 11.1 Å². The maximum atomic E-state index is 5.89. The lowest BCUT2D eigenvalue weighted by atomic mass is 10.1. The van der Waals surface area contributed by atoms with Gasteiger partial charge in [0.05, 0.1) is 32.5 Å². The monoisotopic (exact) mass is 566 g/mol. The second-order valence-electron chi connectivity index (χ2n) is 5.19. The predicted octanol–water partition coefficient (Wildman–Crippen LogP) is 6.80. The van der Waals surface area contributed by atoms with Crippen molar-refractivity contribution in [1.82, 2.24) is 0 Å². The molecule has 0 radical (unpaired) electrons. The summed E-state index contributed by atoms with van der Waals surface area (Å²) in [6, 6.07) is 20.7. The van der Waals surface area contributed by atoms with E-state index < -0.39 is 0 Å². The standard InChI is InChI=1S/C18H18Br4O/c19-15(17(21)13-7-3-1-4-8-13)11-23-12-16(20)18(22)14-9-5-2-6-10-14/h1-10,15-18H,11-12H2. The van der Waals surface area contributed by atoms with Gasteiger partial charge in [-0.1, -0.05) is 124 Å². The fourth-order valence-electron chi connectivity index (χ4n) is 2.15. The molecule has 0 amide bonds. The molecule has 0 N–H and O–H groups in total. The first-order chi connectivity index (χ1) is 11.1. The van der Waals surface area contributed by atoms with Crippen molar-refractivity contribution in [1.29, 1.82) is 0 Å². The van der Waals surface area contributed by atoms with Gasteiger partial charge >= 0.3 is 0 Å². The minimum Gasteiger partial charge on any atom is -0.379 e. The molecular weight excluding hydrogens is 552 g/mol. The summed E-state index contributed by atoms with van der Waals surface area (Å²) in [5.74, 6) is 0. The molecule has 1 nitrogen and oxygen atoms in total. The second kappa shape index (κ2) is 10.3. The molecule has 2 rings (SSSR count). The summed E-state index contributed by atoms with van der Waals surface area (Å²) in [4.78, 5) is 0.892. The first-order valence-electron chi connectivity index (χ1n) is 7.33. The average Bonchev–Trinajstić information content (AvgIpc) is 2.61. The zero-order valence-electron chi connectivity index (χ0n) is 12.4. The SMILES string of the molecule is BrC(COCC(Br)C(Br)c1ccccc1)C(Br)c1ccccc1. The van der Waals surface area contributed by atoms with E-state index in [1.54, 1.807) is 0 Å². The molecule has 0 saturated heterocycles. The minimum absolute atomic E-state index is 0.218. The Bertz CT molecular complexity index is 512. The van der Waals surface area contributed by atoms with Crippen LogP contribution in [-0.2, 0) is 4.74 Å². The van der Waals surface area contributed by atoms with Crippen LogP contribution in [0.25, 0.3) is 0 Å². The van der Waals surface area contributed by atoms with E-state index in [0.717, 1.165) is 0 Å². The predicted molar refractivity (Wildman–Crippen MR) is 112 cm³/mol. The van der Waals surface area contributed by atoms with Gasteiger partial charge in [-0.15, -0.1) is 0 Å². The van der Waals surface area contributed by atoms with E-state index in [9.17, 15) is 0 Å². The van der Waals surface area contributed by atoms with Crippen LogP contribution in [0.4, 0.5) is 0 Å². The van der Waals surface area contributed by atoms with E-state index in [1.165, 1.54) is 11.1 Å². The van der Waals surface area contributed by atoms with Crippen molar-refractivity contribution in [2.24, 2.45) is 0 Å². The fourth-order valence-corrected chi connectivity index (χ4v) is 4.05. The molecule has 23 heavy (non-hydrogen) atoms. The van der Waals surface area contributed by atoms with Gasteiger partial charge < -0.3 is 4.74 Å². The van der Waals surface area contributed by atoms with Gasteiger partial charge in [-0.3, -0.25) is 0 Å². The number of ether oxygens (including phenoxy) is 1. The maximum Gasteiger partial charge on any atom is 0.0606 e. The molecule has 0 aliphatic heterocycles. The van der Waals surface area contributed by atoms with Crippen molar-refractivity contribution in [3.63, 3.8) is 0 Å². The zero-order chi connectivity index (χ0) is 16.7. The van der Waals surface area contributed by atoms with E-state index in [1.807, 2.05) is 36.4 Å². The first kappa shape index (κ1) is 19.6. The van der Waals surface area contributed by atoms with Crippen molar-refractivity contribution >= 4 is 63.7 Å². The van der Waals surface area contributed by atoms with E-state index in [-0.39, 0.29) is 19.3 Å². The normalized spacial score (nSPS) is 16.5. The van der Waals surface area contributed by atoms with Crippen LogP contribution in [0.5, 0.6) is 0 Å². The quantitative estimate of drug-likeness (QED) is 0.318. The van der Waals surface area contributed by atoms with Crippen molar-refractivity contribution in [3.05, 3.63) is 71.8 Å². The van der Waals surface area contributed by atoms with Crippen molar-refractivity contribution in [2.45, 2.75) is 19.3 Å². The van der Waals surface area contributed by atoms with Crippen LogP contribution in [-0.4, -0.2) is 22.9 Å². The lowest BCUT2D eigenvalue weighted by Gasteiger charge is -2.20. The van der Waals surface area contributed by atoms with Crippen molar-refractivity contribution < 1.29 is 4.74 Å². The highest BCUT2D eigenvalue weighted by Crippen LogP contribution is 2.33. The average molecular weight is 570 g/mol. The van der Waals surface area contributed by atoms with E-state index >= 15 is 0 Å². The maximum absolute atomic E-state index is 5.89. The Balaban J connectivity index is 1.78. The third kappa shape index (κ3) is 6.28. The van der Waals surface area contributed by atoms with Gasteiger partial charge in [0.15, 0.2) is 0 Å². The number of benzene rings is 2. The number of hydrogen-bond donors (Lipinski definition) is 0. The Labute approximate surface area is 171 Å². The number of alkyl halides is 4. The molecule has 4 atom stereocenters. The highest BCUT2D eigenvalue weighted by molar-refractivity contribution is 9.12. The summed E-state index contributed by atoms with van der Waals surface area (Å²) in [5.41, 5.74) is 2.49. The molecule has 0 bridgehead atoms. The molecule has 0 heterocycles. The van der Waals surface area contributed by atoms with Gasteiger partial charge in [-0.25, -0.2) is 0 Å². The largest absolute Gasteiger partial charge is 0.379 e. The van der Waals surface area contributed by atoms with E-state index in [0.29, 0.717) is 13.2 Å². The molecule has 0 aliphatic carbocycles. The van der Waals surface area contributed by atoms with Gasteiger partial charge in [0, 0.05) is 0 Å². The van der Waals surface area contributed by atoms with Crippen LogP contribution in [0, 0.1) is 0 Å². The third-order valence-corrected chi connectivity index (χ3v) is 8.76. The Hall–Kier alpha value is 0.320. The molecule has 124 valence electrons. The highest BCUT2D eigenvalue weighted by atomic mass is 79.9. The van der Waals surface area contributed by atoms with Gasteiger partial charge in [0.25, 0.3) is 0 Å². The molecule has 0 aliphatic rings. The second-order valence-corrected chi connectivity index (χ2v) is 9.52.